The molecule has 0 radical (unpaired) electrons. The number of carbonyl (C=O) groups is 4. The van der Waals surface area contributed by atoms with Crippen LogP contribution in [-0.2, 0) is 9.59 Å². The Morgan fingerprint density at radius 1 is 0.833 bits per heavy atom. The lowest BCUT2D eigenvalue weighted by atomic mass is 9.83. The van der Waals surface area contributed by atoms with Crippen LogP contribution in [0, 0.1) is 0 Å². The minimum atomic E-state index is -0.981. The summed E-state index contributed by atoms with van der Waals surface area (Å²) in [5.41, 5.74) is 2.28. The molecule has 0 aromatic heterocycles. The van der Waals surface area contributed by atoms with Crippen LogP contribution in [0.3, 0.4) is 0 Å². The van der Waals surface area contributed by atoms with Gasteiger partial charge in [-0.05, 0) is 6.07 Å². The topological polar surface area (TPSA) is 141 Å². The molecule has 30 heavy (non-hydrogen) atoms. The van der Waals surface area contributed by atoms with Gasteiger partial charge in [0.1, 0.15) is 0 Å². The zero-order valence-corrected chi connectivity index (χ0v) is 16.0. The van der Waals surface area contributed by atoms with Crippen molar-refractivity contribution in [3.05, 3.63) is 90.0 Å². The third-order valence-corrected chi connectivity index (χ3v) is 3.73. The number of anilines is 1. The first-order valence-electron chi connectivity index (χ1n) is 8.65. The third kappa shape index (κ3) is 6.25. The summed E-state index contributed by atoms with van der Waals surface area (Å²) in [6.45, 7) is 6.21. The van der Waals surface area contributed by atoms with E-state index in [1.807, 2.05) is 0 Å². The first-order chi connectivity index (χ1) is 14.3. The van der Waals surface area contributed by atoms with E-state index in [0.717, 1.165) is 12.2 Å². The van der Waals surface area contributed by atoms with E-state index in [9.17, 15) is 19.2 Å². The van der Waals surface area contributed by atoms with Crippen LogP contribution in [-0.4, -0.2) is 52.0 Å². The summed E-state index contributed by atoms with van der Waals surface area (Å²) in [7, 11) is 0. The van der Waals surface area contributed by atoms with Gasteiger partial charge < -0.3 is 20.6 Å². The van der Waals surface area contributed by atoms with Crippen LogP contribution in [0.25, 0.3) is 0 Å². The van der Waals surface area contributed by atoms with Crippen LogP contribution in [0.5, 0.6) is 0 Å². The largest absolute Gasteiger partial charge is 0.478 e. The zero-order valence-electron chi connectivity index (χ0n) is 16.0. The maximum Gasteiger partial charge on any atom is 0.327 e. The third-order valence-electron chi connectivity index (χ3n) is 3.73. The maximum atomic E-state index is 12.6. The molecular weight excluding hydrogens is 390 g/mol. The minimum absolute atomic E-state index is 0.0393. The van der Waals surface area contributed by atoms with Crippen molar-refractivity contribution in [3.8, 4) is 0 Å². The molecule has 0 spiro atoms. The van der Waals surface area contributed by atoms with Crippen molar-refractivity contribution in [2.24, 2.45) is 0 Å². The second-order valence-corrected chi connectivity index (χ2v) is 5.67. The molecule has 2 aromatic carbocycles. The minimum Gasteiger partial charge on any atom is -0.478 e. The van der Waals surface area contributed by atoms with Crippen molar-refractivity contribution in [2.75, 3.05) is 18.5 Å². The fraction of sp³-hybridized carbons (Fsp3) is 0.0909. The Balaban J connectivity index is 0.000000378. The van der Waals surface area contributed by atoms with E-state index in [1.165, 1.54) is 0 Å². The Hall–Kier alpha value is -4.04. The Kier molecular flexibility index (Phi) is 9.38. The number of rotatable bonds is 5. The van der Waals surface area contributed by atoms with Gasteiger partial charge in [0, 0.05) is 41.1 Å². The number of aliphatic hydroxyl groups excluding tert-OH is 1. The molecule has 0 fully saturated rings. The number of aliphatic hydroxyl groups is 1. The molecule has 0 atom stereocenters. The standard InChI is InChI=1S/C16H13NO3.2C3H4O2/c18-9-8-17-13-7-3-6-12-14(13)16(20)11-5-2-1-4-10(11)15(12)19;2*1-2-3(4)5/h1-7,17-18H,8-9H2;2*2H,1H2,(H,4,5). The number of fused-ring (bicyclic) bond motifs is 2. The van der Waals surface area contributed by atoms with Gasteiger partial charge in [-0.1, -0.05) is 49.6 Å². The van der Waals surface area contributed by atoms with Gasteiger partial charge in [0.25, 0.3) is 0 Å². The number of ketones is 2. The second-order valence-electron chi connectivity index (χ2n) is 5.67. The molecule has 0 amide bonds. The molecule has 0 aliphatic heterocycles. The van der Waals surface area contributed by atoms with Crippen molar-refractivity contribution in [2.45, 2.75) is 0 Å². The molecule has 4 N–H and O–H groups in total. The van der Waals surface area contributed by atoms with Gasteiger partial charge >= 0.3 is 11.9 Å². The number of benzene rings is 2. The van der Waals surface area contributed by atoms with Gasteiger partial charge in [-0.25, -0.2) is 9.59 Å². The zero-order chi connectivity index (χ0) is 22.7. The maximum absolute atomic E-state index is 12.6. The normalized spacial score (nSPS) is 10.7. The smallest absolute Gasteiger partial charge is 0.327 e. The fourth-order valence-electron chi connectivity index (χ4n) is 2.48. The molecule has 2 aromatic rings. The first-order valence-corrected chi connectivity index (χ1v) is 8.65. The van der Waals surface area contributed by atoms with Crippen LogP contribution in [0.1, 0.15) is 31.8 Å². The highest BCUT2D eigenvalue weighted by molar-refractivity contribution is 6.30. The van der Waals surface area contributed by atoms with E-state index in [2.05, 4.69) is 18.5 Å². The summed E-state index contributed by atoms with van der Waals surface area (Å²) >= 11 is 0. The van der Waals surface area contributed by atoms with E-state index in [0.29, 0.717) is 34.5 Å². The summed E-state index contributed by atoms with van der Waals surface area (Å²) in [6.07, 6.45) is 1.67. The van der Waals surface area contributed by atoms with E-state index in [1.54, 1.807) is 42.5 Å². The van der Waals surface area contributed by atoms with E-state index in [4.69, 9.17) is 15.3 Å². The summed E-state index contributed by atoms with van der Waals surface area (Å²) in [6, 6.07) is 12.0. The molecule has 0 saturated heterocycles. The van der Waals surface area contributed by atoms with Gasteiger partial charge in [0.05, 0.1) is 12.2 Å². The number of hydrogen-bond donors (Lipinski definition) is 4. The number of nitrogens with one attached hydrogen (secondary N) is 1. The molecule has 3 rings (SSSR count). The molecular formula is C22H21NO7. The summed E-state index contributed by atoms with van der Waals surface area (Å²) in [5, 5.41) is 27.1. The molecule has 8 nitrogen and oxygen atoms in total. The van der Waals surface area contributed by atoms with E-state index >= 15 is 0 Å². The van der Waals surface area contributed by atoms with Crippen molar-refractivity contribution in [3.63, 3.8) is 0 Å². The molecule has 1 aliphatic rings. The Morgan fingerprint density at radius 2 is 1.30 bits per heavy atom. The Labute approximate surface area is 172 Å². The highest BCUT2D eigenvalue weighted by Gasteiger charge is 2.31. The number of aliphatic carboxylic acids is 2. The fourth-order valence-corrected chi connectivity index (χ4v) is 2.48. The van der Waals surface area contributed by atoms with E-state index in [-0.39, 0.29) is 18.2 Å². The lowest BCUT2D eigenvalue weighted by molar-refractivity contribution is -0.132. The Bertz CT molecular complexity index is 961. The lowest BCUT2D eigenvalue weighted by Crippen LogP contribution is -2.23. The average molecular weight is 411 g/mol. The lowest BCUT2D eigenvalue weighted by Gasteiger charge is -2.20. The molecule has 0 unspecified atom stereocenters. The van der Waals surface area contributed by atoms with Crippen molar-refractivity contribution < 1.29 is 34.5 Å². The van der Waals surface area contributed by atoms with Crippen LogP contribution in [0.4, 0.5) is 5.69 Å². The molecule has 0 bridgehead atoms. The molecule has 0 saturated carbocycles. The summed E-state index contributed by atoms with van der Waals surface area (Å²) in [4.78, 5) is 43.5. The second kappa shape index (κ2) is 11.7. The number of hydrogen-bond acceptors (Lipinski definition) is 6. The predicted molar refractivity (Wildman–Crippen MR) is 111 cm³/mol. The SMILES string of the molecule is C=CC(=O)O.C=CC(=O)O.O=C1c2ccccc2C(=O)c2c(NCCO)cccc21. The molecule has 0 heterocycles. The highest BCUT2D eigenvalue weighted by atomic mass is 16.4. The summed E-state index contributed by atoms with van der Waals surface area (Å²) < 4.78 is 0. The van der Waals surface area contributed by atoms with Gasteiger partial charge in [-0.2, -0.15) is 0 Å². The first kappa shape index (κ1) is 24.0. The molecule has 156 valence electrons. The molecule has 8 heteroatoms. The van der Waals surface area contributed by atoms with Crippen molar-refractivity contribution >= 4 is 29.2 Å². The van der Waals surface area contributed by atoms with Crippen LogP contribution < -0.4 is 5.32 Å². The van der Waals surface area contributed by atoms with E-state index < -0.39 is 11.9 Å². The predicted octanol–water partition coefficient (Wildman–Crippen LogP) is 2.38. The summed E-state index contributed by atoms with van der Waals surface area (Å²) in [5.74, 6) is -2.26. The van der Waals surface area contributed by atoms with Gasteiger partial charge in [-0.15, -0.1) is 0 Å². The van der Waals surface area contributed by atoms with Crippen LogP contribution in [0.15, 0.2) is 67.8 Å². The van der Waals surface area contributed by atoms with Crippen molar-refractivity contribution in [1.82, 2.24) is 0 Å². The van der Waals surface area contributed by atoms with Gasteiger partial charge in [0.15, 0.2) is 11.6 Å². The number of carbonyl (C=O) groups excluding carboxylic acids is 2. The van der Waals surface area contributed by atoms with Crippen LogP contribution >= 0.6 is 0 Å². The number of carboxylic acid groups (broad SMARTS) is 2. The van der Waals surface area contributed by atoms with Gasteiger partial charge in [-0.3, -0.25) is 9.59 Å². The highest BCUT2D eigenvalue weighted by Crippen LogP contribution is 2.31. The number of carboxylic acids is 2. The monoisotopic (exact) mass is 411 g/mol. The Morgan fingerprint density at radius 3 is 1.77 bits per heavy atom. The quantitative estimate of drug-likeness (QED) is 0.469. The van der Waals surface area contributed by atoms with Crippen molar-refractivity contribution in [1.29, 1.82) is 0 Å². The average Bonchev–Trinajstić information content (AvgIpc) is 2.76. The molecule has 1 aliphatic carbocycles. The van der Waals surface area contributed by atoms with Crippen LogP contribution in [0.2, 0.25) is 0 Å². The van der Waals surface area contributed by atoms with Gasteiger partial charge in [0.2, 0.25) is 0 Å².